The van der Waals surface area contributed by atoms with Crippen LogP contribution in [0.15, 0.2) is 0 Å². The molecule has 0 saturated carbocycles. The number of ether oxygens (including phenoxy) is 9. The van der Waals surface area contributed by atoms with Crippen molar-refractivity contribution in [1.29, 1.82) is 0 Å². The topological polar surface area (TPSA) is 462 Å². The Kier molecular flexibility index (Phi) is 153. The first-order valence-electron chi connectivity index (χ1n) is 58.8. The first kappa shape index (κ1) is 160. The molecule has 32 heteroatoms. The van der Waals surface area contributed by atoms with Crippen molar-refractivity contribution in [3.05, 3.63) is 0 Å². The molecule has 894 valence electrons. The highest BCUT2D eigenvalue weighted by Gasteiger charge is 2.19. The van der Waals surface area contributed by atoms with E-state index in [-0.39, 0.29) is 86.6 Å². The first-order valence-corrected chi connectivity index (χ1v) is 62.2. The van der Waals surface area contributed by atoms with E-state index in [4.69, 9.17) is 69.6 Å². The van der Waals surface area contributed by atoms with Gasteiger partial charge in [-0.1, -0.05) is 354 Å². The fourth-order valence-corrected chi connectivity index (χ4v) is 18.9. The summed E-state index contributed by atoms with van der Waals surface area (Å²) in [5.41, 5.74) is 0. The van der Waals surface area contributed by atoms with Crippen molar-refractivity contribution in [3.8, 4) is 0 Å². The maximum atomic E-state index is 11.0. The monoisotopic (exact) mass is 2200 g/mol. The average molecular weight is 2200 g/mol. The van der Waals surface area contributed by atoms with Gasteiger partial charge in [0.1, 0.15) is 0 Å². The Bertz CT molecular complexity index is 2640. The number of esters is 4. The Balaban J connectivity index is -0.000000255. The predicted octanol–water partition coefficient (Wildman–Crippen LogP) is 26.7. The lowest BCUT2D eigenvalue weighted by molar-refractivity contribution is -0.141. The lowest BCUT2D eigenvalue weighted by Crippen LogP contribution is -2.27. The van der Waals surface area contributed by atoms with E-state index in [1.165, 1.54) is 239 Å². The number of carboxylic acid groups (broad SMARTS) is 4. The average Bonchev–Trinajstić information content (AvgIpc) is 0.946. The predicted molar refractivity (Wildman–Crippen MR) is 615 cm³/mol. The molecule has 0 saturated heterocycles. The van der Waals surface area contributed by atoms with E-state index in [9.17, 15) is 53.7 Å². The van der Waals surface area contributed by atoms with Gasteiger partial charge in [-0.25, -0.2) is 0 Å². The quantitative estimate of drug-likeness (QED) is 0.0153. The van der Waals surface area contributed by atoms with E-state index < -0.39 is 23.9 Å². The summed E-state index contributed by atoms with van der Waals surface area (Å²) in [4.78, 5) is 84.7. The van der Waals surface area contributed by atoms with Gasteiger partial charge in [-0.2, -0.15) is 35.3 Å². The van der Waals surface area contributed by atoms with Crippen LogP contribution >= 0.6 is 35.3 Å². The number of aliphatic carboxylic acids is 4. The number of aliphatic hydroxyl groups excluding tert-OH is 8. The van der Waals surface area contributed by atoms with Crippen LogP contribution in [0.25, 0.3) is 0 Å². The van der Waals surface area contributed by atoms with Crippen molar-refractivity contribution in [3.63, 3.8) is 0 Å². The van der Waals surface area contributed by atoms with Crippen LogP contribution in [0.4, 0.5) is 0 Å². The summed E-state index contributed by atoms with van der Waals surface area (Å²) in [6.45, 7) is 6.42. The zero-order valence-corrected chi connectivity index (χ0v) is 99.4. The number of hydrogen-bond acceptors (Lipinski definition) is 28. The summed E-state index contributed by atoms with van der Waals surface area (Å²) < 4.78 is 43.6. The Morgan fingerprint density at radius 2 is 0.443 bits per heavy atom. The van der Waals surface area contributed by atoms with Crippen LogP contribution in [0.1, 0.15) is 521 Å². The Hall–Kier alpha value is -3.71. The van der Waals surface area contributed by atoms with Gasteiger partial charge < -0.3 is 104 Å². The van der Waals surface area contributed by atoms with Crippen LogP contribution in [0.2, 0.25) is 0 Å². The molecule has 0 fully saturated rings. The third-order valence-corrected chi connectivity index (χ3v) is 29.1. The molecular weight excluding hydrogens is 1970 g/mol. The summed E-state index contributed by atoms with van der Waals surface area (Å²) in [6.07, 6.45) is 82.5. The molecule has 149 heavy (non-hydrogen) atoms. The first-order chi connectivity index (χ1) is 72.2. The molecule has 0 aliphatic carbocycles. The van der Waals surface area contributed by atoms with Gasteiger partial charge in [0.25, 0.3) is 0 Å². The number of hydrogen-bond donors (Lipinski definition) is 12. The molecule has 29 nitrogen and oxygen atoms in total. The van der Waals surface area contributed by atoms with Crippen molar-refractivity contribution in [2.24, 2.45) is 0 Å². The number of methoxy groups -OCH3 is 9. The number of carbonyl (C=O) groups excluding carboxylic acids is 4. The molecule has 0 rings (SSSR count). The number of carboxylic acids is 4. The maximum Gasteiger partial charge on any atom is 0.305 e. The van der Waals surface area contributed by atoms with Crippen LogP contribution in [0, 0.1) is 0 Å². The summed E-state index contributed by atoms with van der Waals surface area (Å²) in [5.74, 6) is 1.76. The van der Waals surface area contributed by atoms with Gasteiger partial charge in [0.05, 0.1) is 111 Å². The Labute approximate surface area is 921 Å². The van der Waals surface area contributed by atoms with Crippen LogP contribution in [-0.4, -0.2) is 290 Å². The molecule has 0 aliphatic heterocycles. The van der Waals surface area contributed by atoms with Gasteiger partial charge >= 0.3 is 47.8 Å². The van der Waals surface area contributed by atoms with Crippen molar-refractivity contribution < 1.29 is 142 Å². The molecule has 0 amide bonds. The van der Waals surface area contributed by atoms with Crippen LogP contribution in [0.5, 0.6) is 0 Å². The third-order valence-electron chi connectivity index (χ3n) is 25.6. The molecular formula is C117H234O29S3. The fraction of sp³-hybridized carbons (Fsp3) is 0.932. The highest BCUT2D eigenvalue weighted by atomic mass is 32.2. The molecule has 0 heterocycles. The summed E-state index contributed by atoms with van der Waals surface area (Å²) >= 11 is 5.61. The maximum absolute atomic E-state index is 11.0. The number of thioether (sulfide) groups is 3. The van der Waals surface area contributed by atoms with Crippen LogP contribution < -0.4 is 0 Å². The summed E-state index contributed by atoms with van der Waals surface area (Å²) in [6, 6.07) is 0. The smallest absolute Gasteiger partial charge is 0.305 e. The molecule has 7 atom stereocenters. The van der Waals surface area contributed by atoms with Gasteiger partial charge in [-0.05, 0) is 127 Å². The number of unbranched alkanes of at least 4 members (excludes halogenated alkanes) is 53. The highest BCUT2D eigenvalue weighted by molar-refractivity contribution is 8.00. The largest absolute Gasteiger partial charge is 0.481 e. The lowest BCUT2D eigenvalue weighted by atomic mass is 9.99. The van der Waals surface area contributed by atoms with Crippen molar-refractivity contribution in [2.45, 2.75) is 563 Å². The normalized spacial score (nSPS) is 12.2. The van der Waals surface area contributed by atoms with Gasteiger partial charge in [0.2, 0.25) is 0 Å². The van der Waals surface area contributed by atoms with E-state index in [1.807, 2.05) is 35.3 Å². The second-order valence-corrected chi connectivity index (χ2v) is 43.1. The van der Waals surface area contributed by atoms with E-state index in [0.29, 0.717) is 71.6 Å². The van der Waals surface area contributed by atoms with Crippen LogP contribution in [-0.2, 0) is 81.0 Å². The highest BCUT2D eigenvalue weighted by Crippen LogP contribution is 2.26. The van der Waals surface area contributed by atoms with Crippen molar-refractivity contribution in [2.75, 3.05) is 139 Å². The molecule has 7 unspecified atom stereocenters. The fourth-order valence-electron chi connectivity index (χ4n) is 16.3. The molecule has 0 aromatic heterocycles. The lowest BCUT2D eigenvalue weighted by Gasteiger charge is -2.21. The number of aliphatic hydroxyl groups is 8. The second-order valence-electron chi connectivity index (χ2n) is 39.3. The van der Waals surface area contributed by atoms with E-state index in [1.54, 1.807) is 35.5 Å². The molecule has 0 aromatic rings. The number of carbonyl (C=O) groups is 8. The SMILES string of the molecule is CCCCCCCCC(CCCCCCCCC(=O)O)SCCO.CCCCCCCCC(O)C(CCCCCCCC(=O)OC)OC.COC(=O)CCCCCCCCC(CO)OC.COC(=O)CCCCCCCCCCSCCO.COC(CO)CCCCCCCCC(=O)O.COCC(O)CCCCCCCCC(=O)O.COCC(O)CCCCCCCCC(=O)OC.O=C(O)CCCCCCCCCCSCCO. The van der Waals surface area contributed by atoms with Crippen molar-refractivity contribution in [1.82, 2.24) is 0 Å². The molecule has 0 aliphatic rings. The van der Waals surface area contributed by atoms with Gasteiger partial charge in [0.15, 0.2) is 0 Å². The molecule has 0 spiro atoms. The van der Waals surface area contributed by atoms with E-state index >= 15 is 0 Å². The number of rotatable bonds is 106. The Morgan fingerprint density at radius 1 is 0.228 bits per heavy atom. The molecule has 0 aromatic carbocycles. The van der Waals surface area contributed by atoms with Gasteiger partial charge in [0, 0.05) is 109 Å². The Morgan fingerprint density at radius 3 is 0.664 bits per heavy atom. The van der Waals surface area contributed by atoms with Crippen molar-refractivity contribution >= 4 is 83.0 Å². The minimum Gasteiger partial charge on any atom is -0.481 e. The van der Waals surface area contributed by atoms with Crippen LogP contribution in [0.3, 0.4) is 0 Å². The second kappa shape index (κ2) is 142. The molecule has 12 N–H and O–H groups in total. The zero-order valence-electron chi connectivity index (χ0n) is 96.9. The zero-order chi connectivity index (χ0) is 112. The molecule has 0 radical (unpaired) electrons. The minimum absolute atomic E-state index is 0.00526. The standard InChI is InChI=1S/C20H40O4.C20H40O3S.C14H28O3S.2C13H26O4.C13H26O3S.2C12H24O4/c1-4-5-6-7-9-12-15-18(21)19(23-2)16-13-10-8-11-14-17-20(22)24-3;1-2-3-4-5-8-11-14-19(24-18-17-21)15-12-9-6-7-10-13-16-20(22)23;1-17-14(16)10-8-6-4-2-3-5-7-9-12-18-13-11-15;1-16-11-12(14)9-7-5-3-4-6-8-10-13(15)17-2;1-16-12(11-14)9-7-5-3-4-6-8-10-13(15)17-2;14-10-12-17-11-8-6-4-2-1-3-5-7-9-13(15)16;1-16-10-11(13)8-6-4-2-3-5-7-9-12(14)15;1-16-11(10-13)8-6-4-2-3-5-7-9-12(14)15/h18-19,21H,4-17H2,1-3H3;19,21H,2-18H2,1H3,(H,22,23);15H,2-13H2,1H3;2*12,14H,3-11H2,1-2H3;14H,1-12H2,(H,15,16);2*11,13H,2-10H2,1H3,(H,14,15). The van der Waals surface area contributed by atoms with Gasteiger partial charge in [-0.15, -0.1) is 0 Å². The summed E-state index contributed by atoms with van der Waals surface area (Å²) in [5, 5.41) is 108. The van der Waals surface area contributed by atoms with E-state index in [2.05, 4.69) is 32.8 Å². The van der Waals surface area contributed by atoms with E-state index in [0.717, 1.165) is 279 Å². The molecule has 0 bridgehead atoms. The third kappa shape index (κ3) is 155. The minimum atomic E-state index is -0.706. The van der Waals surface area contributed by atoms with Gasteiger partial charge in [-0.3, -0.25) is 38.4 Å². The summed E-state index contributed by atoms with van der Waals surface area (Å²) in [7, 11) is 13.9.